The molecular formula is C15H20F2N2O2. The van der Waals surface area contributed by atoms with Gasteiger partial charge in [0.05, 0.1) is 0 Å². The Morgan fingerprint density at radius 3 is 2.86 bits per heavy atom. The molecule has 1 aromatic rings. The number of carbonyl (C=O) groups is 1. The molecule has 2 unspecified atom stereocenters. The summed E-state index contributed by atoms with van der Waals surface area (Å²) < 4.78 is 28.7. The number of carbonyl (C=O) groups excluding carboxylic acids is 1. The van der Waals surface area contributed by atoms with E-state index >= 15 is 0 Å². The van der Waals surface area contributed by atoms with Crippen molar-refractivity contribution in [1.29, 1.82) is 0 Å². The SMILES string of the molecule is NCC1CCCCC1NC(=O)c1cccc(OC(F)F)c1. The molecule has 1 aliphatic rings. The molecule has 1 saturated carbocycles. The van der Waals surface area contributed by atoms with Gasteiger partial charge in [0.2, 0.25) is 0 Å². The summed E-state index contributed by atoms with van der Waals surface area (Å²) in [5.74, 6) is -0.0140. The summed E-state index contributed by atoms with van der Waals surface area (Å²) >= 11 is 0. The number of alkyl halides is 2. The molecule has 0 saturated heterocycles. The Morgan fingerprint density at radius 1 is 1.38 bits per heavy atom. The Labute approximate surface area is 122 Å². The van der Waals surface area contributed by atoms with Crippen molar-refractivity contribution in [1.82, 2.24) is 5.32 Å². The highest BCUT2D eigenvalue weighted by molar-refractivity contribution is 5.94. The summed E-state index contributed by atoms with van der Waals surface area (Å²) in [5.41, 5.74) is 6.05. The van der Waals surface area contributed by atoms with Gasteiger partial charge in [-0.3, -0.25) is 4.79 Å². The van der Waals surface area contributed by atoms with Crippen molar-refractivity contribution in [3.63, 3.8) is 0 Å². The summed E-state index contributed by atoms with van der Waals surface area (Å²) in [6.45, 7) is -2.36. The average Bonchev–Trinajstić information content (AvgIpc) is 2.47. The third-order valence-corrected chi connectivity index (χ3v) is 3.85. The van der Waals surface area contributed by atoms with Crippen LogP contribution < -0.4 is 15.8 Å². The summed E-state index contributed by atoms with van der Waals surface area (Å²) in [7, 11) is 0. The van der Waals surface area contributed by atoms with Crippen molar-refractivity contribution in [2.45, 2.75) is 38.3 Å². The number of rotatable bonds is 5. The molecule has 1 aliphatic carbocycles. The second-order valence-corrected chi connectivity index (χ2v) is 5.27. The van der Waals surface area contributed by atoms with E-state index < -0.39 is 6.61 Å². The second kappa shape index (κ2) is 7.36. The van der Waals surface area contributed by atoms with Gasteiger partial charge in [0, 0.05) is 11.6 Å². The lowest BCUT2D eigenvalue weighted by molar-refractivity contribution is -0.0498. The maximum atomic E-state index is 12.2. The van der Waals surface area contributed by atoms with E-state index in [2.05, 4.69) is 10.1 Å². The third kappa shape index (κ3) is 4.39. The lowest BCUT2D eigenvalue weighted by atomic mass is 9.84. The first kappa shape index (κ1) is 15.7. The Kier molecular flexibility index (Phi) is 5.50. The molecule has 0 radical (unpaired) electrons. The van der Waals surface area contributed by atoms with Crippen LogP contribution in [0.3, 0.4) is 0 Å². The topological polar surface area (TPSA) is 64.3 Å². The van der Waals surface area contributed by atoms with Gasteiger partial charge in [0.25, 0.3) is 5.91 Å². The van der Waals surface area contributed by atoms with Crippen LogP contribution in [-0.2, 0) is 0 Å². The fraction of sp³-hybridized carbons (Fsp3) is 0.533. The van der Waals surface area contributed by atoms with E-state index in [1.54, 1.807) is 6.07 Å². The van der Waals surface area contributed by atoms with E-state index in [1.807, 2.05) is 0 Å². The number of amides is 1. The van der Waals surface area contributed by atoms with Crippen LogP contribution in [0.5, 0.6) is 5.75 Å². The highest BCUT2D eigenvalue weighted by Crippen LogP contribution is 2.24. The molecule has 6 heteroatoms. The maximum absolute atomic E-state index is 12.2. The zero-order valence-electron chi connectivity index (χ0n) is 11.7. The zero-order chi connectivity index (χ0) is 15.2. The van der Waals surface area contributed by atoms with Gasteiger partial charge in [-0.25, -0.2) is 0 Å². The molecule has 0 aromatic heterocycles. The Balaban J connectivity index is 2.02. The predicted octanol–water partition coefficient (Wildman–Crippen LogP) is 2.54. The highest BCUT2D eigenvalue weighted by Gasteiger charge is 2.25. The minimum absolute atomic E-state index is 0.0170. The standard InChI is InChI=1S/C15H20F2N2O2/c16-15(17)21-12-6-3-5-10(8-12)14(20)19-13-7-2-1-4-11(13)9-18/h3,5-6,8,11,13,15H,1-2,4,7,9,18H2,(H,19,20). The van der Waals surface area contributed by atoms with E-state index in [4.69, 9.17) is 5.73 Å². The molecule has 2 rings (SSSR count). The first-order valence-electron chi connectivity index (χ1n) is 7.16. The van der Waals surface area contributed by atoms with Gasteiger partial charge in [-0.1, -0.05) is 18.9 Å². The summed E-state index contributed by atoms with van der Waals surface area (Å²) in [5, 5.41) is 2.95. The predicted molar refractivity (Wildman–Crippen MR) is 75.3 cm³/mol. The summed E-state index contributed by atoms with van der Waals surface area (Å²) in [6.07, 6.45) is 4.11. The molecule has 1 fully saturated rings. The number of halogens is 2. The normalized spacial score (nSPS) is 22.1. The third-order valence-electron chi connectivity index (χ3n) is 3.85. The Bertz CT molecular complexity index is 482. The number of benzene rings is 1. The molecule has 2 atom stereocenters. The van der Waals surface area contributed by atoms with E-state index in [0.29, 0.717) is 12.1 Å². The van der Waals surface area contributed by atoms with Crippen molar-refractivity contribution in [3.05, 3.63) is 29.8 Å². The van der Waals surface area contributed by atoms with Gasteiger partial charge in [-0.05, 0) is 43.5 Å². The van der Waals surface area contributed by atoms with Crippen molar-refractivity contribution in [2.24, 2.45) is 11.7 Å². The molecule has 116 valence electrons. The quantitative estimate of drug-likeness (QED) is 0.878. The fourth-order valence-corrected chi connectivity index (χ4v) is 2.75. The fourth-order valence-electron chi connectivity index (χ4n) is 2.75. The van der Waals surface area contributed by atoms with Crippen LogP contribution in [0.15, 0.2) is 24.3 Å². The van der Waals surface area contributed by atoms with Crippen LogP contribution in [0.1, 0.15) is 36.0 Å². The smallest absolute Gasteiger partial charge is 0.387 e. The van der Waals surface area contributed by atoms with Crippen molar-refractivity contribution in [2.75, 3.05) is 6.54 Å². The van der Waals surface area contributed by atoms with Gasteiger partial charge in [-0.15, -0.1) is 0 Å². The summed E-state index contributed by atoms with van der Waals surface area (Å²) in [4.78, 5) is 12.2. The first-order valence-corrected chi connectivity index (χ1v) is 7.16. The van der Waals surface area contributed by atoms with Crippen molar-refractivity contribution in [3.8, 4) is 5.75 Å². The van der Waals surface area contributed by atoms with Crippen LogP contribution in [-0.4, -0.2) is 25.1 Å². The molecule has 0 spiro atoms. The molecule has 0 aliphatic heterocycles. The molecule has 3 N–H and O–H groups in total. The van der Waals surface area contributed by atoms with Crippen LogP contribution in [0.25, 0.3) is 0 Å². The molecule has 1 amide bonds. The van der Waals surface area contributed by atoms with Gasteiger partial charge < -0.3 is 15.8 Å². The number of hydrogen-bond donors (Lipinski definition) is 2. The molecule has 4 nitrogen and oxygen atoms in total. The average molecular weight is 298 g/mol. The second-order valence-electron chi connectivity index (χ2n) is 5.27. The lowest BCUT2D eigenvalue weighted by Crippen LogP contribution is -2.44. The minimum atomic E-state index is -2.90. The van der Waals surface area contributed by atoms with E-state index in [9.17, 15) is 13.6 Å². The minimum Gasteiger partial charge on any atom is -0.435 e. The first-order chi connectivity index (χ1) is 10.1. The molecular weight excluding hydrogens is 278 g/mol. The van der Waals surface area contributed by atoms with Gasteiger partial charge in [0.15, 0.2) is 0 Å². The summed E-state index contributed by atoms with van der Waals surface area (Å²) in [6, 6.07) is 5.87. The molecule has 0 bridgehead atoms. The lowest BCUT2D eigenvalue weighted by Gasteiger charge is -2.31. The highest BCUT2D eigenvalue weighted by atomic mass is 19.3. The van der Waals surface area contributed by atoms with E-state index in [0.717, 1.165) is 25.7 Å². The van der Waals surface area contributed by atoms with E-state index in [-0.39, 0.29) is 23.6 Å². The van der Waals surface area contributed by atoms with Crippen LogP contribution >= 0.6 is 0 Å². The van der Waals surface area contributed by atoms with E-state index in [1.165, 1.54) is 18.2 Å². The van der Waals surface area contributed by atoms with Gasteiger partial charge in [-0.2, -0.15) is 8.78 Å². The number of ether oxygens (including phenoxy) is 1. The maximum Gasteiger partial charge on any atom is 0.387 e. The molecule has 1 aromatic carbocycles. The van der Waals surface area contributed by atoms with Gasteiger partial charge >= 0.3 is 6.61 Å². The van der Waals surface area contributed by atoms with Crippen molar-refractivity contribution < 1.29 is 18.3 Å². The number of hydrogen-bond acceptors (Lipinski definition) is 3. The van der Waals surface area contributed by atoms with Crippen molar-refractivity contribution >= 4 is 5.91 Å². The zero-order valence-corrected chi connectivity index (χ0v) is 11.7. The number of nitrogens with one attached hydrogen (secondary N) is 1. The largest absolute Gasteiger partial charge is 0.435 e. The monoisotopic (exact) mass is 298 g/mol. The number of nitrogens with two attached hydrogens (primary N) is 1. The van der Waals surface area contributed by atoms with Gasteiger partial charge in [0.1, 0.15) is 5.75 Å². The Morgan fingerprint density at radius 2 is 2.14 bits per heavy atom. The van der Waals surface area contributed by atoms with Crippen LogP contribution in [0.4, 0.5) is 8.78 Å². The molecule has 21 heavy (non-hydrogen) atoms. The Hall–Kier alpha value is -1.69. The molecule has 0 heterocycles. The van der Waals surface area contributed by atoms with Crippen LogP contribution in [0, 0.1) is 5.92 Å². The van der Waals surface area contributed by atoms with Crippen LogP contribution in [0.2, 0.25) is 0 Å².